The zero-order chi connectivity index (χ0) is 67.3. The molecule has 95 heavy (non-hydrogen) atoms. The Kier molecular flexibility index (Phi) is 19.0. The molecule has 0 saturated carbocycles. The zero-order valence-corrected chi connectivity index (χ0v) is 62.9. The first-order valence-electron chi connectivity index (χ1n) is 36.6. The summed E-state index contributed by atoms with van der Waals surface area (Å²) in [5, 5.41) is 0. The third-order valence-corrected chi connectivity index (χ3v) is 32.1. The van der Waals surface area contributed by atoms with Crippen LogP contribution >= 0.6 is 0 Å². The minimum atomic E-state index is -4.61. The van der Waals surface area contributed by atoms with Gasteiger partial charge in [0.15, 0.2) is 0 Å². The molecule has 0 aliphatic heterocycles. The van der Waals surface area contributed by atoms with Gasteiger partial charge in [-0.25, -0.2) is 0 Å². The van der Waals surface area contributed by atoms with E-state index in [0.717, 1.165) is 38.5 Å². The molecular weight excluding hydrogens is 1200 g/mol. The fourth-order valence-corrected chi connectivity index (χ4v) is 26.9. The van der Waals surface area contributed by atoms with Crippen LogP contribution in [-0.2, 0) is 32.5 Å². The topological polar surface area (TPSA) is 0 Å². The van der Waals surface area contributed by atoms with Gasteiger partial charge < -0.3 is 0 Å². The van der Waals surface area contributed by atoms with Crippen molar-refractivity contribution in [3.8, 4) is 66.8 Å². The molecule has 0 amide bonds. The third kappa shape index (κ3) is 12.8. The van der Waals surface area contributed by atoms with Crippen LogP contribution in [0.5, 0.6) is 0 Å². The van der Waals surface area contributed by atoms with E-state index < -0.39 is 13.3 Å². The maximum absolute atomic E-state index is 4.61. The van der Waals surface area contributed by atoms with Crippen LogP contribution in [0.2, 0.25) is 0 Å². The van der Waals surface area contributed by atoms with Gasteiger partial charge >= 0.3 is 581 Å². The first kappa shape index (κ1) is 67.7. The average molecular weight is 1310 g/mol. The van der Waals surface area contributed by atoms with Gasteiger partial charge in [-0.15, -0.1) is 0 Å². The van der Waals surface area contributed by atoms with Gasteiger partial charge in [0.2, 0.25) is 0 Å². The molecule has 0 atom stereocenters. The van der Waals surface area contributed by atoms with E-state index in [4.69, 9.17) is 0 Å². The molecule has 0 aromatic heterocycles. The molecule has 0 fully saturated rings. The third-order valence-electron chi connectivity index (χ3n) is 22.3. The SMILES string of the molecule is CCCCC1(CCCC)c2ccccc2-c2c[c]([Ge]([c]3cc(-c4ccc(C(C)(C)C)cc4)cc(-c4ccc(C(C)(C)C)cc4)c3)([c]3cc(-c4ccc(C(C)(C)C)cc4)cc(-c4ccc(C(C)(C)C)cc4)c3)[c]3ccc4c(c3)C(CCCC)(CCCC)c3ccccc3-4)ccc21. The second-order valence-corrected chi connectivity index (χ2v) is 40.8. The first-order chi connectivity index (χ1) is 45.4. The van der Waals surface area contributed by atoms with Gasteiger partial charge in [-0.05, 0) is 0 Å². The van der Waals surface area contributed by atoms with Crippen LogP contribution in [0.4, 0.5) is 0 Å². The molecule has 2 aliphatic rings. The summed E-state index contributed by atoms with van der Waals surface area (Å²) in [6, 6.07) is 90.0. The number of hydrogen-bond donors (Lipinski definition) is 0. The molecular formula is C94H108Ge. The van der Waals surface area contributed by atoms with E-state index in [-0.39, 0.29) is 32.5 Å². The van der Waals surface area contributed by atoms with Crippen molar-refractivity contribution in [2.45, 2.75) is 220 Å². The molecule has 10 aromatic rings. The number of benzene rings is 10. The summed E-state index contributed by atoms with van der Waals surface area (Å²) >= 11 is -4.61. The molecule has 0 nitrogen and oxygen atoms in total. The normalized spacial score (nSPS) is 14.1. The zero-order valence-electron chi connectivity index (χ0n) is 60.8. The molecule has 0 N–H and O–H groups in total. The van der Waals surface area contributed by atoms with Crippen LogP contribution in [0.25, 0.3) is 66.8 Å². The Hall–Kier alpha value is -7.26. The summed E-state index contributed by atoms with van der Waals surface area (Å²) in [7, 11) is 0. The van der Waals surface area contributed by atoms with E-state index in [0.29, 0.717) is 0 Å². The van der Waals surface area contributed by atoms with Crippen LogP contribution in [0, 0.1) is 0 Å². The molecule has 10 aromatic carbocycles. The van der Waals surface area contributed by atoms with Gasteiger partial charge in [-0.2, -0.15) is 0 Å². The summed E-state index contributed by atoms with van der Waals surface area (Å²) in [5.74, 6) is 0. The first-order valence-corrected chi connectivity index (χ1v) is 40.8. The Bertz CT molecular complexity index is 4020. The fraction of sp³-hybridized carbons (Fsp3) is 0.362. The van der Waals surface area contributed by atoms with E-state index in [2.05, 4.69) is 329 Å². The van der Waals surface area contributed by atoms with Crippen LogP contribution in [0.15, 0.2) is 218 Å². The van der Waals surface area contributed by atoms with Gasteiger partial charge in [0.05, 0.1) is 0 Å². The molecule has 0 heterocycles. The van der Waals surface area contributed by atoms with Crippen molar-refractivity contribution < 1.29 is 0 Å². The van der Waals surface area contributed by atoms with Crippen LogP contribution in [-0.4, -0.2) is 13.3 Å². The van der Waals surface area contributed by atoms with E-state index in [1.807, 2.05) is 0 Å². The number of fused-ring (bicyclic) bond motifs is 6. The fourth-order valence-electron chi connectivity index (χ4n) is 16.6. The summed E-state index contributed by atoms with van der Waals surface area (Å²) in [6.07, 6.45) is 14.0. The Labute approximate surface area is 576 Å². The van der Waals surface area contributed by atoms with Crippen molar-refractivity contribution in [1.82, 2.24) is 0 Å². The molecule has 1 heteroatoms. The van der Waals surface area contributed by atoms with Gasteiger partial charge in [-0.1, -0.05) is 0 Å². The van der Waals surface area contributed by atoms with Crippen molar-refractivity contribution in [2.24, 2.45) is 0 Å². The molecule has 2 aliphatic carbocycles. The minimum absolute atomic E-state index is 0.0151. The average Bonchev–Trinajstić information content (AvgIpc) is 1.67. The van der Waals surface area contributed by atoms with Crippen molar-refractivity contribution in [3.05, 3.63) is 263 Å². The maximum atomic E-state index is 2.86. The molecule has 12 rings (SSSR count). The van der Waals surface area contributed by atoms with Crippen LogP contribution < -0.4 is 17.6 Å². The summed E-state index contributed by atoms with van der Waals surface area (Å²) in [5.41, 5.74) is 27.1. The summed E-state index contributed by atoms with van der Waals surface area (Å²) in [6.45, 7) is 37.6. The van der Waals surface area contributed by atoms with Gasteiger partial charge in [0, 0.05) is 0 Å². The Morgan fingerprint density at radius 2 is 0.526 bits per heavy atom. The van der Waals surface area contributed by atoms with Crippen molar-refractivity contribution in [1.29, 1.82) is 0 Å². The van der Waals surface area contributed by atoms with Crippen molar-refractivity contribution >= 4 is 30.8 Å². The molecule has 488 valence electrons. The quantitative estimate of drug-likeness (QED) is 0.0667. The molecule has 0 bridgehead atoms. The van der Waals surface area contributed by atoms with Crippen molar-refractivity contribution in [3.63, 3.8) is 0 Å². The second kappa shape index (κ2) is 26.6. The molecule has 0 saturated heterocycles. The number of rotatable bonds is 20. The van der Waals surface area contributed by atoms with Crippen LogP contribution in [0.3, 0.4) is 0 Å². The monoisotopic (exact) mass is 1310 g/mol. The Morgan fingerprint density at radius 3 is 0.863 bits per heavy atom. The predicted octanol–water partition coefficient (Wildman–Crippen LogP) is 24.2. The van der Waals surface area contributed by atoms with Gasteiger partial charge in [-0.3, -0.25) is 0 Å². The second-order valence-electron chi connectivity index (χ2n) is 32.8. The van der Waals surface area contributed by atoms with E-state index in [1.165, 1.54) is 167 Å². The number of unbranched alkanes of at least 4 members (excludes halogenated alkanes) is 4. The summed E-state index contributed by atoms with van der Waals surface area (Å²) in [4.78, 5) is 0. The van der Waals surface area contributed by atoms with Crippen LogP contribution in [0.1, 0.15) is 232 Å². The molecule has 0 radical (unpaired) electrons. The summed E-state index contributed by atoms with van der Waals surface area (Å²) < 4.78 is 5.87. The van der Waals surface area contributed by atoms with E-state index >= 15 is 0 Å². The predicted molar refractivity (Wildman–Crippen MR) is 417 cm³/mol. The Morgan fingerprint density at radius 1 is 0.242 bits per heavy atom. The van der Waals surface area contributed by atoms with Crippen molar-refractivity contribution in [2.75, 3.05) is 0 Å². The number of hydrogen-bond acceptors (Lipinski definition) is 0. The molecule has 0 spiro atoms. The van der Waals surface area contributed by atoms with Gasteiger partial charge in [0.1, 0.15) is 0 Å². The van der Waals surface area contributed by atoms with E-state index in [1.54, 1.807) is 0 Å². The van der Waals surface area contributed by atoms with Gasteiger partial charge in [0.25, 0.3) is 0 Å². The molecule has 0 unspecified atom stereocenters. The Balaban J connectivity index is 1.29. The van der Waals surface area contributed by atoms with E-state index in [9.17, 15) is 0 Å². The standard InChI is InChI=1S/C94H108Ge/c1-17-21-53-93(54-22-18-2)86-32-28-26-30-82(86)84-63-77(50-52-87(84)93)95(78-49-51-83-81-29-25-27-31-85(81)94(55-23-19-3,56-24-20-4)88(83)64-78,79-59-69(65-33-41-73(42-34-65)89(5,6)7)57-70(60-79)66-35-43-74(44-36-66)90(8,9)10)80-61-71(67-37-45-75(46-38-67)91(11,12)13)58-72(62-80)68-39-47-76(48-40-68)92(14,15)16/h25-52,57-64H,17-24,53-56H2,1-16H3.